The van der Waals surface area contributed by atoms with Crippen molar-refractivity contribution in [1.29, 1.82) is 0 Å². The van der Waals surface area contributed by atoms with Gasteiger partial charge in [-0.15, -0.1) is 3.89 Å². The van der Waals surface area contributed by atoms with E-state index in [-0.39, 0.29) is 5.69 Å². The van der Waals surface area contributed by atoms with Crippen molar-refractivity contribution >= 4 is 21.9 Å². The molecule has 2 rings (SSSR count). The van der Waals surface area contributed by atoms with Gasteiger partial charge in [-0.3, -0.25) is 0 Å². The highest BCUT2D eigenvalue weighted by molar-refractivity contribution is 7.86. The molecule has 0 spiro atoms. The SMILES string of the molecule is O=C(NCc1ccccc1)Nc1cccc(S(=O)(=O)F)c1. The molecule has 2 amide bonds. The molecule has 21 heavy (non-hydrogen) atoms. The molecule has 110 valence electrons. The van der Waals surface area contributed by atoms with E-state index in [4.69, 9.17) is 0 Å². The first kappa shape index (κ1) is 15.0. The van der Waals surface area contributed by atoms with Crippen molar-refractivity contribution in [3.8, 4) is 0 Å². The van der Waals surface area contributed by atoms with Gasteiger partial charge >= 0.3 is 16.3 Å². The van der Waals surface area contributed by atoms with Crippen molar-refractivity contribution in [2.24, 2.45) is 0 Å². The minimum atomic E-state index is -4.79. The van der Waals surface area contributed by atoms with Crippen molar-refractivity contribution in [3.63, 3.8) is 0 Å². The van der Waals surface area contributed by atoms with Crippen molar-refractivity contribution in [1.82, 2.24) is 5.32 Å². The summed E-state index contributed by atoms with van der Waals surface area (Å²) >= 11 is 0. The van der Waals surface area contributed by atoms with Gasteiger partial charge in [0.1, 0.15) is 4.90 Å². The summed E-state index contributed by atoms with van der Waals surface area (Å²) in [6.45, 7) is 0.327. The molecular weight excluding hydrogens is 295 g/mol. The molecule has 0 aliphatic heterocycles. The summed E-state index contributed by atoms with van der Waals surface area (Å²) in [5.41, 5.74) is 1.12. The van der Waals surface area contributed by atoms with Crippen LogP contribution in [0.4, 0.5) is 14.4 Å². The average Bonchev–Trinajstić information content (AvgIpc) is 2.46. The summed E-state index contributed by atoms with van der Waals surface area (Å²) in [6.07, 6.45) is 0. The van der Waals surface area contributed by atoms with Crippen LogP contribution >= 0.6 is 0 Å². The van der Waals surface area contributed by atoms with Crippen LogP contribution in [0.2, 0.25) is 0 Å². The molecule has 7 heteroatoms. The second kappa shape index (κ2) is 6.36. The number of nitrogens with one attached hydrogen (secondary N) is 2. The number of hydrogen-bond donors (Lipinski definition) is 2. The molecule has 0 saturated carbocycles. The zero-order valence-electron chi connectivity index (χ0n) is 10.9. The second-order valence-electron chi connectivity index (χ2n) is 4.26. The van der Waals surface area contributed by atoms with Crippen LogP contribution in [0.5, 0.6) is 0 Å². The summed E-state index contributed by atoms with van der Waals surface area (Å²) in [6, 6.07) is 13.8. The van der Waals surface area contributed by atoms with E-state index in [0.29, 0.717) is 6.54 Å². The maximum absolute atomic E-state index is 12.9. The van der Waals surface area contributed by atoms with E-state index in [1.54, 1.807) is 0 Å². The van der Waals surface area contributed by atoms with Crippen LogP contribution in [0.1, 0.15) is 5.56 Å². The molecule has 2 aromatic rings. The quantitative estimate of drug-likeness (QED) is 0.853. The highest BCUT2D eigenvalue weighted by atomic mass is 32.3. The van der Waals surface area contributed by atoms with Crippen molar-refractivity contribution < 1.29 is 17.1 Å². The number of rotatable bonds is 4. The van der Waals surface area contributed by atoms with Gasteiger partial charge in [0.2, 0.25) is 0 Å². The fourth-order valence-corrected chi connectivity index (χ4v) is 2.19. The van der Waals surface area contributed by atoms with Crippen LogP contribution < -0.4 is 10.6 Å². The maximum atomic E-state index is 12.9. The van der Waals surface area contributed by atoms with Crippen molar-refractivity contribution in [2.45, 2.75) is 11.4 Å². The Morgan fingerprint density at radius 1 is 1.05 bits per heavy atom. The number of amides is 2. The van der Waals surface area contributed by atoms with E-state index in [1.165, 1.54) is 12.1 Å². The van der Waals surface area contributed by atoms with Gasteiger partial charge < -0.3 is 10.6 Å². The van der Waals surface area contributed by atoms with E-state index in [0.717, 1.165) is 17.7 Å². The molecule has 0 aromatic heterocycles. The Kier molecular flexibility index (Phi) is 4.54. The molecule has 0 bridgehead atoms. The number of hydrogen-bond acceptors (Lipinski definition) is 3. The summed E-state index contributed by atoms with van der Waals surface area (Å²) < 4.78 is 34.4. The third kappa shape index (κ3) is 4.57. The lowest BCUT2D eigenvalue weighted by Gasteiger charge is -2.08. The minimum Gasteiger partial charge on any atom is -0.334 e. The molecule has 0 aliphatic rings. The molecule has 0 heterocycles. The van der Waals surface area contributed by atoms with Gasteiger partial charge in [0.15, 0.2) is 0 Å². The zero-order chi connectivity index (χ0) is 15.3. The lowest BCUT2D eigenvalue weighted by atomic mass is 10.2. The van der Waals surface area contributed by atoms with Gasteiger partial charge in [-0.2, -0.15) is 8.42 Å². The molecule has 0 atom stereocenters. The van der Waals surface area contributed by atoms with E-state index in [9.17, 15) is 17.1 Å². The summed E-state index contributed by atoms with van der Waals surface area (Å²) in [7, 11) is -4.79. The number of anilines is 1. The molecule has 0 unspecified atom stereocenters. The molecule has 2 N–H and O–H groups in total. The molecule has 0 saturated heterocycles. The maximum Gasteiger partial charge on any atom is 0.332 e. The third-order valence-electron chi connectivity index (χ3n) is 2.67. The number of benzene rings is 2. The van der Waals surface area contributed by atoms with Crippen LogP contribution in [0.3, 0.4) is 0 Å². The van der Waals surface area contributed by atoms with Crippen molar-refractivity contribution in [3.05, 3.63) is 60.2 Å². The third-order valence-corrected chi connectivity index (χ3v) is 3.49. The highest BCUT2D eigenvalue weighted by Gasteiger charge is 2.12. The summed E-state index contributed by atoms with van der Waals surface area (Å²) in [4.78, 5) is 11.2. The largest absolute Gasteiger partial charge is 0.334 e. The molecule has 0 radical (unpaired) electrons. The van der Waals surface area contributed by atoms with E-state index in [1.807, 2.05) is 30.3 Å². The molecule has 0 aliphatic carbocycles. The second-order valence-corrected chi connectivity index (χ2v) is 5.61. The molecule has 2 aromatic carbocycles. The smallest absolute Gasteiger partial charge is 0.332 e. The summed E-state index contributed by atoms with van der Waals surface area (Å²) in [5.74, 6) is 0. The fraction of sp³-hybridized carbons (Fsp3) is 0.0714. The van der Waals surface area contributed by atoms with Gasteiger partial charge in [-0.1, -0.05) is 36.4 Å². The Balaban J connectivity index is 1.97. The first-order valence-electron chi connectivity index (χ1n) is 6.09. The van der Waals surface area contributed by atoms with Gasteiger partial charge in [-0.25, -0.2) is 4.79 Å². The van der Waals surface area contributed by atoms with Crippen LogP contribution in [-0.2, 0) is 16.8 Å². The van der Waals surface area contributed by atoms with Gasteiger partial charge in [0.05, 0.1) is 0 Å². The van der Waals surface area contributed by atoms with Crippen molar-refractivity contribution in [2.75, 3.05) is 5.32 Å². The Labute approximate surface area is 122 Å². The van der Waals surface area contributed by atoms with Crippen LogP contribution in [0.25, 0.3) is 0 Å². The lowest BCUT2D eigenvalue weighted by molar-refractivity contribution is 0.251. The molecule has 5 nitrogen and oxygen atoms in total. The van der Waals surface area contributed by atoms with Gasteiger partial charge in [-0.05, 0) is 23.8 Å². The monoisotopic (exact) mass is 308 g/mol. The first-order valence-corrected chi connectivity index (χ1v) is 7.47. The predicted octanol–water partition coefficient (Wildman–Crippen LogP) is 2.67. The molecular formula is C14H13FN2O3S. The standard InChI is InChI=1S/C14H13FN2O3S/c15-21(19,20)13-8-4-7-12(9-13)17-14(18)16-10-11-5-2-1-3-6-11/h1-9H,10H2,(H2,16,17,18). The Bertz CT molecular complexity index is 733. The Morgan fingerprint density at radius 2 is 1.76 bits per heavy atom. The normalized spacial score (nSPS) is 10.9. The van der Waals surface area contributed by atoms with E-state index >= 15 is 0 Å². The molecule has 0 fully saturated rings. The lowest BCUT2D eigenvalue weighted by Crippen LogP contribution is -2.28. The summed E-state index contributed by atoms with van der Waals surface area (Å²) in [5, 5.41) is 5.06. The number of carbonyl (C=O) groups excluding carboxylic acids is 1. The average molecular weight is 308 g/mol. The minimum absolute atomic E-state index is 0.194. The fourth-order valence-electron chi connectivity index (χ4n) is 1.68. The predicted molar refractivity (Wildman–Crippen MR) is 77.0 cm³/mol. The number of urea groups is 1. The van der Waals surface area contributed by atoms with Crippen LogP contribution in [0, 0.1) is 0 Å². The van der Waals surface area contributed by atoms with Gasteiger partial charge in [0, 0.05) is 12.2 Å². The Morgan fingerprint density at radius 3 is 2.43 bits per heavy atom. The van der Waals surface area contributed by atoms with E-state index < -0.39 is 21.1 Å². The number of carbonyl (C=O) groups is 1. The highest BCUT2D eigenvalue weighted by Crippen LogP contribution is 2.17. The van der Waals surface area contributed by atoms with Crippen LogP contribution in [0.15, 0.2) is 59.5 Å². The number of halogens is 1. The van der Waals surface area contributed by atoms with Gasteiger partial charge in [0.25, 0.3) is 0 Å². The van der Waals surface area contributed by atoms with Crippen LogP contribution in [-0.4, -0.2) is 14.4 Å². The zero-order valence-corrected chi connectivity index (χ0v) is 11.7. The first-order chi connectivity index (χ1) is 9.95. The Hall–Kier alpha value is -2.41. The van der Waals surface area contributed by atoms with E-state index in [2.05, 4.69) is 10.6 Å². The topological polar surface area (TPSA) is 75.3 Å².